The molecule has 2 amide bonds. The molecule has 2 fully saturated rings. The van der Waals surface area contributed by atoms with Crippen molar-refractivity contribution in [1.29, 1.82) is 0 Å². The second kappa shape index (κ2) is 13.3. The number of benzene rings is 3. The molecule has 3 aromatic carbocycles. The molecule has 13 heteroatoms. The monoisotopic (exact) mass is 659 g/mol. The minimum atomic E-state index is -1.03. The van der Waals surface area contributed by atoms with Crippen molar-refractivity contribution in [2.45, 2.75) is 49.3 Å². The fourth-order valence-corrected chi connectivity index (χ4v) is 7.58. The number of amides is 2. The number of carboxylic acids is 1. The lowest BCUT2D eigenvalue weighted by molar-refractivity contribution is -0.157. The molecule has 0 aliphatic carbocycles. The number of aromatic nitrogens is 2. The van der Waals surface area contributed by atoms with Crippen molar-refractivity contribution in [3.8, 4) is 11.5 Å². The van der Waals surface area contributed by atoms with E-state index in [9.17, 15) is 19.5 Å². The molecule has 0 spiro atoms. The number of thioether (sulfide) groups is 1. The highest BCUT2D eigenvalue weighted by Crippen LogP contribution is 2.51. The second-order valence-electron chi connectivity index (χ2n) is 11.1. The molecule has 236 valence electrons. The first-order valence-corrected chi connectivity index (χ1v) is 15.7. The van der Waals surface area contributed by atoms with Gasteiger partial charge in [-0.2, -0.15) is 5.10 Å². The topological polar surface area (TPSA) is 135 Å². The number of carbonyl (C=O) groups is 3. The number of imidazole rings is 1. The fourth-order valence-electron chi connectivity index (χ4n) is 5.52. The first kappa shape index (κ1) is 31.2. The molecule has 0 saturated carbocycles. The van der Waals surface area contributed by atoms with E-state index in [1.165, 1.54) is 22.9 Å². The lowest BCUT2D eigenvalue weighted by atomic mass is 9.96. The minimum Gasteiger partial charge on any atom is -0.485 e. The predicted molar refractivity (Wildman–Crippen MR) is 173 cm³/mol. The van der Waals surface area contributed by atoms with Crippen LogP contribution in [0, 0.1) is 0 Å². The molecular weight excluding hydrogens is 630 g/mol. The summed E-state index contributed by atoms with van der Waals surface area (Å²) in [5.41, 5.74) is 4.95. The van der Waals surface area contributed by atoms with Gasteiger partial charge < -0.3 is 24.0 Å². The number of ether oxygens (including phenoxy) is 2. The minimum absolute atomic E-state index is 0.0805. The third-order valence-electron chi connectivity index (χ3n) is 7.72. The molecule has 2 saturated heterocycles. The quantitative estimate of drug-likeness (QED) is 0.124. The summed E-state index contributed by atoms with van der Waals surface area (Å²) in [6.45, 7) is 2.67. The summed E-state index contributed by atoms with van der Waals surface area (Å²) in [6.07, 6.45) is 4.98. The van der Waals surface area contributed by atoms with Gasteiger partial charge in [0.1, 0.15) is 24.9 Å². The number of fused-ring (bicyclic) bond motifs is 1. The van der Waals surface area contributed by atoms with E-state index >= 15 is 0 Å². The average molecular weight is 660 g/mol. The third kappa shape index (κ3) is 6.58. The highest BCUT2D eigenvalue weighted by Gasteiger charge is 2.60. The summed E-state index contributed by atoms with van der Waals surface area (Å²) < 4.78 is 13.1. The largest absolute Gasteiger partial charge is 0.485 e. The van der Waals surface area contributed by atoms with E-state index in [-0.39, 0.29) is 40.8 Å². The lowest BCUT2D eigenvalue weighted by Crippen LogP contribution is -2.57. The number of carbonyl (C=O) groups excluding carboxylic acids is 2. The van der Waals surface area contributed by atoms with Gasteiger partial charge in [-0.1, -0.05) is 72.3 Å². The molecule has 2 aliphatic heterocycles. The zero-order chi connectivity index (χ0) is 32.3. The highest BCUT2D eigenvalue weighted by molar-refractivity contribution is 8.01. The summed E-state index contributed by atoms with van der Waals surface area (Å²) in [5, 5.41) is 13.8. The molecule has 0 unspecified atom stereocenters. The van der Waals surface area contributed by atoms with E-state index < -0.39 is 22.7 Å². The van der Waals surface area contributed by atoms with Gasteiger partial charge in [0.15, 0.2) is 11.5 Å². The van der Waals surface area contributed by atoms with Crippen LogP contribution in [0.25, 0.3) is 0 Å². The SMILES string of the molecule is C[C@@]1(Cn2cnc(/C=N/NC(=O)c3ccc(OCc4ccccc4)c(OCc4ccccc4)c3Cl)c2)S[C@@H]2CC(=O)N2[C@H]1C(=O)O. The summed E-state index contributed by atoms with van der Waals surface area (Å²) in [5.74, 6) is -1.11. The molecule has 0 radical (unpaired) electrons. The number of nitrogens with zero attached hydrogens (tertiary/aromatic N) is 4. The van der Waals surface area contributed by atoms with Crippen LogP contribution in [-0.4, -0.2) is 59.7 Å². The lowest BCUT2D eigenvalue weighted by Gasteiger charge is -2.37. The van der Waals surface area contributed by atoms with Crippen LogP contribution in [0.15, 0.2) is 90.4 Å². The first-order valence-electron chi connectivity index (χ1n) is 14.4. The Bertz CT molecular complexity index is 1790. The Morgan fingerprint density at radius 1 is 1.09 bits per heavy atom. The van der Waals surface area contributed by atoms with Crippen molar-refractivity contribution in [3.05, 3.63) is 113 Å². The van der Waals surface area contributed by atoms with Gasteiger partial charge in [0.05, 0.1) is 39.7 Å². The highest BCUT2D eigenvalue weighted by atomic mass is 35.5. The van der Waals surface area contributed by atoms with Crippen molar-refractivity contribution in [3.63, 3.8) is 0 Å². The van der Waals surface area contributed by atoms with E-state index in [0.717, 1.165) is 11.1 Å². The normalized spacial score (nSPS) is 20.3. The number of nitrogens with one attached hydrogen (secondary N) is 1. The maximum Gasteiger partial charge on any atom is 0.327 e. The zero-order valence-corrected chi connectivity index (χ0v) is 26.3. The van der Waals surface area contributed by atoms with Gasteiger partial charge in [-0.3, -0.25) is 9.59 Å². The molecule has 4 aromatic rings. The predicted octanol–water partition coefficient (Wildman–Crippen LogP) is 4.98. The van der Waals surface area contributed by atoms with E-state index in [4.69, 9.17) is 21.1 Å². The first-order chi connectivity index (χ1) is 22.2. The fraction of sp³-hybridized carbons (Fsp3) is 0.242. The Balaban J connectivity index is 1.13. The van der Waals surface area contributed by atoms with E-state index in [1.54, 1.807) is 29.2 Å². The number of β-lactam (4-membered cyclic amide) rings is 1. The Morgan fingerprint density at radius 2 is 1.76 bits per heavy atom. The van der Waals surface area contributed by atoms with E-state index in [2.05, 4.69) is 15.5 Å². The van der Waals surface area contributed by atoms with Crippen LogP contribution in [0.2, 0.25) is 5.02 Å². The maximum atomic E-state index is 13.1. The molecule has 1 aromatic heterocycles. The average Bonchev–Trinajstić information content (AvgIpc) is 3.58. The summed E-state index contributed by atoms with van der Waals surface area (Å²) >= 11 is 8.20. The van der Waals surface area contributed by atoms with E-state index in [0.29, 0.717) is 24.4 Å². The number of halogens is 1. The van der Waals surface area contributed by atoms with Gasteiger partial charge in [0, 0.05) is 12.7 Å². The molecule has 3 atom stereocenters. The standard InChI is InChI=1S/C33H30ClN5O6S/c1-33(30(32(42)43)39-26(40)14-27(39)46-33)19-38-16-23(35-20-38)15-36-37-31(41)24-12-13-25(44-17-21-8-4-2-5-9-21)29(28(24)34)45-18-22-10-6-3-7-11-22/h2-13,15-16,20,27,30H,14,17-19H2,1H3,(H,37,41)(H,42,43)/b36-15+/t27-,30+,33+/m1/s1. The number of carboxylic acid groups (broad SMARTS) is 1. The van der Waals surface area contributed by atoms with Gasteiger partial charge in [-0.15, -0.1) is 11.8 Å². The Hall–Kier alpha value is -4.81. The van der Waals surface area contributed by atoms with Crippen molar-refractivity contribution in [2.75, 3.05) is 0 Å². The zero-order valence-electron chi connectivity index (χ0n) is 24.7. The van der Waals surface area contributed by atoms with Crippen LogP contribution in [0.1, 0.15) is 40.5 Å². The third-order valence-corrected chi connectivity index (χ3v) is 9.66. The molecular formula is C33H30ClN5O6S. The van der Waals surface area contributed by atoms with Gasteiger partial charge in [-0.05, 0) is 30.2 Å². The molecule has 2 N–H and O–H groups in total. The molecule has 2 aliphatic rings. The number of hydrazone groups is 1. The summed E-state index contributed by atoms with van der Waals surface area (Å²) in [4.78, 5) is 42.9. The number of hydrogen-bond acceptors (Lipinski definition) is 8. The number of rotatable bonds is 12. The second-order valence-corrected chi connectivity index (χ2v) is 13.2. The van der Waals surface area contributed by atoms with Gasteiger partial charge in [0.2, 0.25) is 5.91 Å². The molecule has 0 bridgehead atoms. The number of aliphatic carboxylic acids is 1. The molecule has 3 heterocycles. The van der Waals surface area contributed by atoms with Crippen LogP contribution < -0.4 is 14.9 Å². The van der Waals surface area contributed by atoms with Gasteiger partial charge in [-0.25, -0.2) is 15.2 Å². The van der Waals surface area contributed by atoms with Crippen molar-refractivity contribution >= 4 is 47.4 Å². The molecule has 6 rings (SSSR count). The Kier molecular flexibility index (Phi) is 9.00. The summed E-state index contributed by atoms with van der Waals surface area (Å²) in [7, 11) is 0. The van der Waals surface area contributed by atoms with Crippen LogP contribution in [0.3, 0.4) is 0 Å². The Morgan fingerprint density at radius 3 is 2.41 bits per heavy atom. The van der Waals surface area contributed by atoms with Crippen LogP contribution in [-0.2, 0) is 29.3 Å². The van der Waals surface area contributed by atoms with Crippen molar-refractivity contribution in [2.24, 2.45) is 5.10 Å². The molecule has 46 heavy (non-hydrogen) atoms. The smallest absolute Gasteiger partial charge is 0.327 e. The number of hydrogen-bond donors (Lipinski definition) is 2. The van der Waals surface area contributed by atoms with Gasteiger partial charge in [0.25, 0.3) is 5.91 Å². The van der Waals surface area contributed by atoms with E-state index in [1.807, 2.05) is 67.6 Å². The summed E-state index contributed by atoms with van der Waals surface area (Å²) in [6, 6.07) is 21.5. The van der Waals surface area contributed by atoms with Gasteiger partial charge >= 0.3 is 5.97 Å². The van der Waals surface area contributed by atoms with Crippen molar-refractivity contribution < 1.29 is 29.0 Å². The van der Waals surface area contributed by atoms with Crippen LogP contribution >= 0.6 is 23.4 Å². The van der Waals surface area contributed by atoms with Crippen LogP contribution in [0.5, 0.6) is 11.5 Å². The molecule has 11 nitrogen and oxygen atoms in total. The van der Waals surface area contributed by atoms with Crippen LogP contribution in [0.4, 0.5) is 0 Å². The Labute approximate surface area is 274 Å². The maximum absolute atomic E-state index is 13.1. The van der Waals surface area contributed by atoms with Crippen molar-refractivity contribution in [1.82, 2.24) is 19.9 Å².